The van der Waals surface area contributed by atoms with E-state index in [0.717, 1.165) is 0 Å². The number of ether oxygens (including phenoxy) is 4. The summed E-state index contributed by atoms with van der Waals surface area (Å²) in [7, 11) is 0. The average molecular weight is 496 g/mol. The third kappa shape index (κ3) is 6.06. The van der Waals surface area contributed by atoms with E-state index in [1.165, 1.54) is 30.3 Å². The first-order valence-electron chi connectivity index (χ1n) is 10.9. The number of esters is 1. The molecule has 11 heteroatoms. The predicted octanol–water partition coefficient (Wildman–Crippen LogP) is 4.27. The second kappa shape index (κ2) is 11.2. The number of nitrogens with zero attached hydrogens (tertiary/aromatic N) is 1. The van der Waals surface area contributed by atoms with Crippen molar-refractivity contribution in [3.8, 4) is 17.2 Å². The summed E-state index contributed by atoms with van der Waals surface area (Å²) in [6.07, 6.45) is 0.606. The molecule has 10 nitrogen and oxygen atoms in total. The summed E-state index contributed by atoms with van der Waals surface area (Å²) >= 11 is 0. The van der Waals surface area contributed by atoms with Crippen LogP contribution in [0.1, 0.15) is 22.3 Å². The van der Waals surface area contributed by atoms with Crippen LogP contribution >= 0.6 is 0 Å². The van der Waals surface area contributed by atoms with Gasteiger partial charge in [-0.05, 0) is 29.8 Å². The maximum atomic E-state index is 13.1. The van der Waals surface area contributed by atoms with Crippen molar-refractivity contribution in [2.75, 3.05) is 25.1 Å². The molecule has 0 aliphatic carbocycles. The molecule has 1 aliphatic heterocycles. The maximum absolute atomic E-state index is 13.1. The summed E-state index contributed by atoms with van der Waals surface area (Å²) in [4.78, 5) is 35.9. The summed E-state index contributed by atoms with van der Waals surface area (Å²) in [6.45, 7) is 0.0922. The Morgan fingerprint density at radius 1 is 1.03 bits per heavy atom. The fraction of sp³-hybridized carbons (Fsp3) is 0.200. The molecule has 1 amide bonds. The second-order valence-corrected chi connectivity index (χ2v) is 7.66. The van der Waals surface area contributed by atoms with Gasteiger partial charge in [0.2, 0.25) is 0 Å². The van der Waals surface area contributed by atoms with Crippen LogP contribution in [0.25, 0.3) is 0 Å². The first kappa shape index (κ1) is 24.5. The highest BCUT2D eigenvalue weighted by molar-refractivity contribution is 5.98. The largest absolute Gasteiger partial charge is 0.489 e. The number of anilines is 1. The zero-order valence-electron chi connectivity index (χ0n) is 18.9. The quantitative estimate of drug-likeness (QED) is 0.278. The number of para-hydroxylation sites is 1. The van der Waals surface area contributed by atoms with Crippen molar-refractivity contribution in [2.24, 2.45) is 0 Å². The number of amides is 1. The number of benzene rings is 3. The van der Waals surface area contributed by atoms with E-state index >= 15 is 0 Å². The first-order chi connectivity index (χ1) is 17.4. The summed E-state index contributed by atoms with van der Waals surface area (Å²) < 4.78 is 34.8. The van der Waals surface area contributed by atoms with E-state index in [1.807, 2.05) is 0 Å². The zero-order valence-corrected chi connectivity index (χ0v) is 18.9. The standard InChI is InChI=1S/C25H21FN2O8/c26-17-8-6-16(7-9-17)14-35-21-5-2-1-4-18(21)25(30)36-15-24(29)27-19-12-22-23(13-20(19)28(31)32)34-11-3-10-33-22/h1-2,4-9,12-13H,3,10-11,14-15H2,(H,27,29). The molecule has 1 heterocycles. The van der Waals surface area contributed by atoms with Gasteiger partial charge in [-0.1, -0.05) is 24.3 Å². The molecule has 0 radical (unpaired) electrons. The number of nitro groups is 1. The van der Waals surface area contributed by atoms with Crippen molar-refractivity contribution in [2.45, 2.75) is 13.0 Å². The van der Waals surface area contributed by atoms with Gasteiger partial charge in [0.05, 0.1) is 24.2 Å². The van der Waals surface area contributed by atoms with Crippen molar-refractivity contribution in [3.05, 3.63) is 87.7 Å². The van der Waals surface area contributed by atoms with E-state index in [0.29, 0.717) is 25.2 Å². The molecule has 0 bridgehead atoms. The molecule has 1 N–H and O–H groups in total. The molecule has 0 aromatic heterocycles. The molecule has 36 heavy (non-hydrogen) atoms. The van der Waals surface area contributed by atoms with E-state index < -0.39 is 29.1 Å². The Morgan fingerprint density at radius 3 is 2.44 bits per heavy atom. The number of fused-ring (bicyclic) bond motifs is 1. The average Bonchev–Trinajstić information content (AvgIpc) is 3.11. The Kier molecular flexibility index (Phi) is 7.59. The summed E-state index contributed by atoms with van der Waals surface area (Å²) in [5.41, 5.74) is 0.261. The molecule has 0 saturated carbocycles. The molecule has 186 valence electrons. The van der Waals surface area contributed by atoms with Gasteiger partial charge in [-0.25, -0.2) is 9.18 Å². The Balaban J connectivity index is 1.39. The molecule has 0 atom stereocenters. The number of rotatable bonds is 8. The highest BCUT2D eigenvalue weighted by atomic mass is 19.1. The van der Waals surface area contributed by atoms with Crippen LogP contribution in [-0.2, 0) is 16.1 Å². The Bertz CT molecular complexity index is 1280. The predicted molar refractivity (Wildman–Crippen MR) is 125 cm³/mol. The number of nitro benzene ring substituents is 1. The van der Waals surface area contributed by atoms with Crippen LogP contribution in [-0.4, -0.2) is 36.6 Å². The summed E-state index contributed by atoms with van der Waals surface area (Å²) in [6, 6.07) is 14.5. The molecule has 0 fully saturated rings. The molecule has 3 aromatic rings. The van der Waals surface area contributed by atoms with Gasteiger partial charge in [0.25, 0.3) is 11.6 Å². The van der Waals surface area contributed by atoms with Crippen molar-refractivity contribution >= 4 is 23.3 Å². The van der Waals surface area contributed by atoms with E-state index in [4.69, 9.17) is 18.9 Å². The molecular weight excluding hydrogens is 475 g/mol. The van der Waals surface area contributed by atoms with Gasteiger partial charge in [0.1, 0.15) is 29.4 Å². The summed E-state index contributed by atoms with van der Waals surface area (Å²) in [5.74, 6) is -1.30. The van der Waals surface area contributed by atoms with E-state index in [-0.39, 0.29) is 40.9 Å². The number of nitrogens with one attached hydrogen (secondary N) is 1. The van der Waals surface area contributed by atoms with Crippen LogP contribution in [0.3, 0.4) is 0 Å². The Hall–Kier alpha value is -4.67. The SMILES string of the molecule is O=C(COC(=O)c1ccccc1OCc1ccc(F)cc1)Nc1cc2c(cc1[N+](=O)[O-])OCCCO2. The van der Waals surface area contributed by atoms with Gasteiger partial charge < -0.3 is 24.3 Å². The van der Waals surface area contributed by atoms with Crippen LogP contribution < -0.4 is 19.5 Å². The lowest BCUT2D eigenvalue weighted by Gasteiger charge is -2.13. The molecule has 0 saturated heterocycles. The minimum absolute atomic E-state index is 0.0778. The second-order valence-electron chi connectivity index (χ2n) is 7.66. The molecule has 1 aliphatic rings. The van der Waals surface area contributed by atoms with Crippen LogP contribution in [0.4, 0.5) is 15.8 Å². The van der Waals surface area contributed by atoms with E-state index in [9.17, 15) is 24.1 Å². The topological polar surface area (TPSA) is 126 Å². The molecule has 0 spiro atoms. The molecule has 3 aromatic carbocycles. The van der Waals surface area contributed by atoms with Gasteiger partial charge >= 0.3 is 5.97 Å². The van der Waals surface area contributed by atoms with Crippen LogP contribution in [0, 0.1) is 15.9 Å². The normalized spacial score (nSPS) is 12.2. The van der Waals surface area contributed by atoms with Gasteiger partial charge in [-0.15, -0.1) is 0 Å². The van der Waals surface area contributed by atoms with Gasteiger partial charge in [-0.3, -0.25) is 14.9 Å². The van der Waals surface area contributed by atoms with Crippen LogP contribution in [0.5, 0.6) is 17.2 Å². The van der Waals surface area contributed by atoms with Crippen LogP contribution in [0.2, 0.25) is 0 Å². The fourth-order valence-corrected chi connectivity index (χ4v) is 3.35. The number of carbonyl (C=O) groups is 2. The maximum Gasteiger partial charge on any atom is 0.342 e. The van der Waals surface area contributed by atoms with Crippen molar-refractivity contribution < 1.29 is 37.9 Å². The lowest BCUT2D eigenvalue weighted by atomic mass is 10.2. The van der Waals surface area contributed by atoms with Crippen molar-refractivity contribution in [3.63, 3.8) is 0 Å². The highest BCUT2D eigenvalue weighted by Crippen LogP contribution is 2.39. The lowest BCUT2D eigenvalue weighted by Crippen LogP contribution is -2.21. The number of halogens is 1. The third-order valence-corrected chi connectivity index (χ3v) is 5.09. The lowest BCUT2D eigenvalue weighted by molar-refractivity contribution is -0.384. The Morgan fingerprint density at radius 2 is 1.72 bits per heavy atom. The van der Waals surface area contributed by atoms with E-state index in [2.05, 4.69) is 5.32 Å². The first-order valence-corrected chi connectivity index (χ1v) is 10.9. The van der Waals surface area contributed by atoms with Crippen molar-refractivity contribution in [1.82, 2.24) is 0 Å². The summed E-state index contributed by atoms with van der Waals surface area (Å²) in [5, 5.41) is 13.9. The molecular formula is C25H21FN2O8. The van der Waals surface area contributed by atoms with Gasteiger partial charge in [-0.2, -0.15) is 0 Å². The van der Waals surface area contributed by atoms with Crippen molar-refractivity contribution in [1.29, 1.82) is 0 Å². The number of carbonyl (C=O) groups excluding carboxylic acids is 2. The third-order valence-electron chi connectivity index (χ3n) is 5.09. The fourth-order valence-electron chi connectivity index (χ4n) is 3.35. The minimum Gasteiger partial charge on any atom is -0.489 e. The number of hydrogen-bond donors (Lipinski definition) is 1. The zero-order chi connectivity index (χ0) is 25.5. The monoisotopic (exact) mass is 496 g/mol. The smallest absolute Gasteiger partial charge is 0.342 e. The minimum atomic E-state index is -0.826. The van der Waals surface area contributed by atoms with E-state index in [1.54, 1.807) is 30.3 Å². The van der Waals surface area contributed by atoms with Gasteiger partial charge in [0.15, 0.2) is 18.1 Å². The highest BCUT2D eigenvalue weighted by Gasteiger charge is 2.24. The Labute approximate surface area is 204 Å². The van der Waals surface area contributed by atoms with Gasteiger partial charge in [0, 0.05) is 12.5 Å². The van der Waals surface area contributed by atoms with Crippen LogP contribution in [0.15, 0.2) is 60.7 Å². The molecule has 0 unspecified atom stereocenters. The number of hydrogen-bond acceptors (Lipinski definition) is 8. The molecule has 4 rings (SSSR count).